The van der Waals surface area contributed by atoms with Crippen LogP contribution in [0.1, 0.15) is 11.1 Å². The highest BCUT2D eigenvalue weighted by molar-refractivity contribution is 9.10. The molecule has 0 atom stereocenters. The number of benzene rings is 2. The molecular weight excluding hydrogens is 314 g/mol. The third kappa shape index (κ3) is 2.43. The van der Waals surface area contributed by atoms with Crippen LogP contribution in [0.25, 0.3) is 0 Å². The number of nitrogens with zero attached hydrogens (tertiary/aromatic N) is 2. The molecule has 20 heavy (non-hydrogen) atoms. The largest absolute Gasteiger partial charge is 0.340 e. The molecule has 0 aliphatic carbocycles. The Morgan fingerprint density at radius 3 is 2.85 bits per heavy atom. The third-order valence-electron chi connectivity index (χ3n) is 3.49. The molecule has 0 bridgehead atoms. The van der Waals surface area contributed by atoms with Crippen molar-refractivity contribution in [2.45, 2.75) is 6.54 Å². The number of nitriles is 1. The van der Waals surface area contributed by atoms with Gasteiger partial charge in [-0.2, -0.15) is 5.26 Å². The van der Waals surface area contributed by atoms with Crippen molar-refractivity contribution in [3.8, 4) is 6.07 Å². The number of fused-ring (bicyclic) bond motifs is 1. The molecule has 1 N–H and O–H groups in total. The zero-order valence-electron chi connectivity index (χ0n) is 10.9. The van der Waals surface area contributed by atoms with Crippen LogP contribution in [0.15, 0.2) is 46.9 Å². The summed E-state index contributed by atoms with van der Waals surface area (Å²) in [5, 5.41) is 12.5. The number of para-hydroxylation sites is 1. The van der Waals surface area contributed by atoms with E-state index in [4.69, 9.17) is 5.26 Å². The first-order valence-corrected chi connectivity index (χ1v) is 7.35. The SMILES string of the molecule is N#Cc1ccc(N2CCNCc3ccccc32)cc1Br. The van der Waals surface area contributed by atoms with Crippen molar-refractivity contribution in [1.29, 1.82) is 5.26 Å². The fourth-order valence-corrected chi connectivity index (χ4v) is 2.94. The van der Waals surface area contributed by atoms with Gasteiger partial charge in [0.2, 0.25) is 0 Å². The Kier molecular flexibility index (Phi) is 3.72. The van der Waals surface area contributed by atoms with Gasteiger partial charge in [0.05, 0.1) is 5.56 Å². The summed E-state index contributed by atoms with van der Waals surface area (Å²) >= 11 is 3.47. The minimum atomic E-state index is 0.662. The molecule has 0 saturated carbocycles. The molecule has 2 aromatic carbocycles. The first-order chi connectivity index (χ1) is 9.79. The number of hydrogen-bond acceptors (Lipinski definition) is 3. The van der Waals surface area contributed by atoms with Gasteiger partial charge >= 0.3 is 0 Å². The molecule has 0 radical (unpaired) electrons. The van der Waals surface area contributed by atoms with Crippen LogP contribution in [0.5, 0.6) is 0 Å². The van der Waals surface area contributed by atoms with Gasteiger partial charge < -0.3 is 10.2 Å². The summed E-state index contributed by atoms with van der Waals surface area (Å²) < 4.78 is 0.840. The van der Waals surface area contributed by atoms with Crippen molar-refractivity contribution in [3.63, 3.8) is 0 Å². The maximum Gasteiger partial charge on any atom is 0.100 e. The Labute approximate surface area is 127 Å². The summed E-state index contributed by atoms with van der Waals surface area (Å²) in [7, 11) is 0. The van der Waals surface area contributed by atoms with E-state index in [0.29, 0.717) is 5.56 Å². The standard InChI is InChI=1S/C16H14BrN3/c17-15-9-14(6-5-12(15)10-18)20-8-7-19-11-13-3-1-2-4-16(13)20/h1-6,9,19H,7-8,11H2. The molecule has 0 unspecified atom stereocenters. The quantitative estimate of drug-likeness (QED) is 0.870. The Morgan fingerprint density at radius 2 is 2.05 bits per heavy atom. The Morgan fingerprint density at radius 1 is 1.20 bits per heavy atom. The second-order valence-corrected chi connectivity index (χ2v) is 5.59. The summed E-state index contributed by atoms with van der Waals surface area (Å²) in [6.45, 7) is 2.74. The lowest BCUT2D eigenvalue weighted by Crippen LogP contribution is -2.24. The summed E-state index contributed by atoms with van der Waals surface area (Å²) in [6, 6.07) is 16.5. The Hall–Kier alpha value is -1.83. The Balaban J connectivity index is 2.06. The molecular formula is C16H14BrN3. The molecule has 2 aromatic rings. The number of halogens is 1. The van der Waals surface area contributed by atoms with E-state index in [1.165, 1.54) is 11.3 Å². The second-order valence-electron chi connectivity index (χ2n) is 4.73. The maximum atomic E-state index is 9.02. The topological polar surface area (TPSA) is 39.1 Å². The van der Waals surface area contributed by atoms with E-state index in [1.807, 2.05) is 18.2 Å². The molecule has 4 heteroatoms. The normalized spacial score (nSPS) is 14.3. The molecule has 0 amide bonds. The van der Waals surface area contributed by atoms with E-state index in [2.05, 4.69) is 56.5 Å². The predicted octanol–water partition coefficient (Wildman–Crippen LogP) is 3.56. The average molecular weight is 328 g/mol. The zero-order chi connectivity index (χ0) is 13.9. The minimum Gasteiger partial charge on any atom is -0.340 e. The Bertz CT molecular complexity index is 676. The van der Waals surface area contributed by atoms with Gasteiger partial charge in [0, 0.05) is 35.5 Å². The number of hydrogen-bond donors (Lipinski definition) is 1. The van der Waals surface area contributed by atoms with E-state index in [1.54, 1.807) is 0 Å². The zero-order valence-corrected chi connectivity index (χ0v) is 12.5. The lowest BCUT2D eigenvalue weighted by molar-refractivity contribution is 0.712. The number of anilines is 2. The molecule has 1 aliphatic rings. The van der Waals surface area contributed by atoms with E-state index >= 15 is 0 Å². The van der Waals surface area contributed by atoms with Crippen molar-refractivity contribution in [2.75, 3.05) is 18.0 Å². The van der Waals surface area contributed by atoms with Crippen LogP contribution in [0.2, 0.25) is 0 Å². The van der Waals surface area contributed by atoms with Crippen molar-refractivity contribution in [2.24, 2.45) is 0 Å². The van der Waals surface area contributed by atoms with Crippen LogP contribution in [0.4, 0.5) is 11.4 Å². The van der Waals surface area contributed by atoms with Crippen LogP contribution < -0.4 is 10.2 Å². The van der Waals surface area contributed by atoms with Crippen LogP contribution in [-0.4, -0.2) is 13.1 Å². The molecule has 3 rings (SSSR count). The van der Waals surface area contributed by atoms with Crippen molar-refractivity contribution < 1.29 is 0 Å². The van der Waals surface area contributed by atoms with E-state index < -0.39 is 0 Å². The van der Waals surface area contributed by atoms with E-state index in [9.17, 15) is 0 Å². The summed E-state index contributed by atoms with van der Waals surface area (Å²) in [4.78, 5) is 2.29. The van der Waals surface area contributed by atoms with Crippen molar-refractivity contribution >= 4 is 27.3 Å². The van der Waals surface area contributed by atoms with Gasteiger partial charge in [-0.05, 0) is 45.8 Å². The monoisotopic (exact) mass is 327 g/mol. The van der Waals surface area contributed by atoms with Gasteiger partial charge in [0.15, 0.2) is 0 Å². The molecule has 0 saturated heterocycles. The molecule has 1 heterocycles. The number of rotatable bonds is 1. The van der Waals surface area contributed by atoms with Gasteiger partial charge in [-0.25, -0.2) is 0 Å². The van der Waals surface area contributed by atoms with Crippen LogP contribution in [0.3, 0.4) is 0 Å². The molecule has 0 spiro atoms. The van der Waals surface area contributed by atoms with Crippen LogP contribution in [-0.2, 0) is 6.54 Å². The average Bonchev–Trinajstić information content (AvgIpc) is 2.69. The van der Waals surface area contributed by atoms with E-state index in [0.717, 1.165) is 29.8 Å². The summed E-state index contributed by atoms with van der Waals surface area (Å²) in [6.07, 6.45) is 0. The van der Waals surface area contributed by atoms with Crippen LogP contribution in [0, 0.1) is 11.3 Å². The van der Waals surface area contributed by atoms with E-state index in [-0.39, 0.29) is 0 Å². The number of nitrogens with one attached hydrogen (secondary N) is 1. The minimum absolute atomic E-state index is 0.662. The molecule has 0 aromatic heterocycles. The lowest BCUT2D eigenvalue weighted by Gasteiger charge is -2.25. The van der Waals surface area contributed by atoms with Gasteiger partial charge in [-0.1, -0.05) is 18.2 Å². The van der Waals surface area contributed by atoms with Crippen molar-refractivity contribution in [3.05, 3.63) is 58.1 Å². The highest BCUT2D eigenvalue weighted by atomic mass is 79.9. The van der Waals surface area contributed by atoms with Gasteiger partial charge in [0.25, 0.3) is 0 Å². The first-order valence-electron chi connectivity index (χ1n) is 6.55. The summed E-state index contributed by atoms with van der Waals surface area (Å²) in [5.74, 6) is 0. The maximum absolute atomic E-state index is 9.02. The molecule has 1 aliphatic heterocycles. The molecule has 100 valence electrons. The van der Waals surface area contributed by atoms with Crippen molar-refractivity contribution in [1.82, 2.24) is 5.32 Å². The van der Waals surface area contributed by atoms with Crippen LogP contribution >= 0.6 is 15.9 Å². The predicted molar refractivity (Wildman–Crippen MR) is 84.0 cm³/mol. The summed E-state index contributed by atoms with van der Waals surface area (Å²) in [5.41, 5.74) is 4.29. The van der Waals surface area contributed by atoms with Gasteiger partial charge in [-0.3, -0.25) is 0 Å². The van der Waals surface area contributed by atoms with Gasteiger partial charge in [0.1, 0.15) is 6.07 Å². The molecule has 0 fully saturated rings. The lowest BCUT2D eigenvalue weighted by atomic mass is 10.1. The highest BCUT2D eigenvalue weighted by Gasteiger charge is 2.16. The smallest absolute Gasteiger partial charge is 0.100 e. The highest BCUT2D eigenvalue weighted by Crippen LogP contribution is 2.32. The molecule has 3 nitrogen and oxygen atoms in total. The third-order valence-corrected chi connectivity index (χ3v) is 4.15. The first kappa shape index (κ1) is 13.2. The fourth-order valence-electron chi connectivity index (χ4n) is 2.49. The fraction of sp³-hybridized carbons (Fsp3) is 0.188. The van der Waals surface area contributed by atoms with Gasteiger partial charge in [-0.15, -0.1) is 0 Å². The second kappa shape index (κ2) is 5.66.